The molecule has 1 fully saturated rings. The van der Waals surface area contributed by atoms with E-state index in [1.54, 1.807) is 18.9 Å². The Morgan fingerprint density at radius 2 is 2.06 bits per heavy atom. The highest BCUT2D eigenvalue weighted by Gasteiger charge is 2.33. The van der Waals surface area contributed by atoms with Gasteiger partial charge in [-0.25, -0.2) is 9.59 Å². The second-order valence-corrected chi connectivity index (χ2v) is 4.44. The molecule has 1 unspecified atom stereocenters. The minimum absolute atomic E-state index is 0.186. The second kappa shape index (κ2) is 5.18. The summed E-state index contributed by atoms with van der Waals surface area (Å²) in [6.45, 7) is 3.74. The normalized spacial score (nSPS) is 18.7. The number of rotatable bonds is 5. The van der Waals surface area contributed by atoms with Crippen molar-refractivity contribution in [1.82, 2.24) is 10.2 Å². The molecule has 1 aliphatic rings. The van der Waals surface area contributed by atoms with Crippen molar-refractivity contribution >= 4 is 12.0 Å². The average Bonchev–Trinajstić information content (AvgIpc) is 3.06. The lowest BCUT2D eigenvalue weighted by Crippen LogP contribution is -2.49. The molecule has 92 valence electrons. The lowest BCUT2D eigenvalue weighted by molar-refractivity contribution is -0.139. The molecule has 0 spiro atoms. The highest BCUT2D eigenvalue weighted by molar-refractivity contribution is 5.82. The highest BCUT2D eigenvalue weighted by atomic mass is 16.4. The van der Waals surface area contributed by atoms with Crippen LogP contribution in [-0.2, 0) is 4.79 Å². The molecule has 0 saturated heterocycles. The van der Waals surface area contributed by atoms with E-state index in [9.17, 15) is 9.59 Å². The van der Waals surface area contributed by atoms with Crippen LogP contribution in [-0.4, -0.2) is 41.1 Å². The third-order valence-electron chi connectivity index (χ3n) is 3.24. The Bertz CT molecular complexity index is 276. The van der Waals surface area contributed by atoms with Gasteiger partial charge >= 0.3 is 12.0 Å². The molecular weight excluding hydrogens is 208 g/mol. The fourth-order valence-corrected chi connectivity index (χ4v) is 1.67. The SMILES string of the molecule is CC[C@H](NC(=O)N(C)C(C)C1CC1)C(=O)O. The first-order valence-corrected chi connectivity index (χ1v) is 5.73. The van der Waals surface area contributed by atoms with E-state index in [4.69, 9.17) is 5.11 Å². The molecule has 1 saturated carbocycles. The molecule has 2 amide bonds. The smallest absolute Gasteiger partial charge is 0.326 e. The lowest BCUT2D eigenvalue weighted by Gasteiger charge is -2.26. The van der Waals surface area contributed by atoms with Crippen LogP contribution in [0.25, 0.3) is 0 Å². The molecule has 2 N–H and O–H groups in total. The van der Waals surface area contributed by atoms with Gasteiger partial charge in [-0.15, -0.1) is 0 Å². The Morgan fingerprint density at radius 1 is 1.50 bits per heavy atom. The van der Waals surface area contributed by atoms with Crippen LogP contribution in [0.5, 0.6) is 0 Å². The summed E-state index contributed by atoms with van der Waals surface area (Å²) < 4.78 is 0. The van der Waals surface area contributed by atoms with Gasteiger partial charge in [0.2, 0.25) is 0 Å². The average molecular weight is 228 g/mol. The number of aliphatic carboxylic acids is 1. The van der Waals surface area contributed by atoms with Crippen molar-refractivity contribution in [1.29, 1.82) is 0 Å². The van der Waals surface area contributed by atoms with Gasteiger partial charge in [0.05, 0.1) is 0 Å². The number of carbonyl (C=O) groups excluding carboxylic acids is 1. The molecular formula is C11H20N2O3. The molecule has 0 radical (unpaired) electrons. The maximum atomic E-state index is 11.7. The van der Waals surface area contributed by atoms with E-state index in [0.29, 0.717) is 12.3 Å². The number of hydrogen-bond donors (Lipinski definition) is 2. The fourth-order valence-electron chi connectivity index (χ4n) is 1.67. The third kappa shape index (κ3) is 3.12. The van der Waals surface area contributed by atoms with Crippen molar-refractivity contribution in [2.24, 2.45) is 5.92 Å². The molecule has 0 aliphatic heterocycles. The summed E-state index contributed by atoms with van der Waals surface area (Å²) >= 11 is 0. The largest absolute Gasteiger partial charge is 0.480 e. The molecule has 0 bridgehead atoms. The van der Waals surface area contributed by atoms with Gasteiger partial charge in [-0.05, 0) is 32.1 Å². The number of carboxylic acid groups (broad SMARTS) is 1. The first-order valence-electron chi connectivity index (χ1n) is 5.73. The van der Waals surface area contributed by atoms with Gasteiger partial charge in [-0.3, -0.25) is 0 Å². The molecule has 16 heavy (non-hydrogen) atoms. The number of urea groups is 1. The number of hydrogen-bond acceptors (Lipinski definition) is 2. The third-order valence-corrected chi connectivity index (χ3v) is 3.24. The minimum Gasteiger partial charge on any atom is -0.480 e. The standard InChI is InChI=1S/C11H20N2O3/c1-4-9(10(14)15)12-11(16)13(3)7(2)8-5-6-8/h7-9H,4-6H2,1-3H3,(H,12,16)(H,14,15)/t7?,9-/m0/s1. The molecule has 5 nitrogen and oxygen atoms in total. The van der Waals surface area contributed by atoms with Crippen LogP contribution in [0.4, 0.5) is 4.79 Å². The van der Waals surface area contributed by atoms with E-state index in [0.717, 1.165) is 12.8 Å². The number of amides is 2. The molecule has 0 aromatic rings. The van der Waals surface area contributed by atoms with Gasteiger partial charge in [0.15, 0.2) is 0 Å². The van der Waals surface area contributed by atoms with Gasteiger partial charge in [0, 0.05) is 13.1 Å². The van der Waals surface area contributed by atoms with E-state index in [-0.39, 0.29) is 12.1 Å². The number of carbonyl (C=O) groups is 2. The van der Waals surface area contributed by atoms with Crippen LogP contribution < -0.4 is 5.32 Å². The van der Waals surface area contributed by atoms with Crippen molar-refractivity contribution < 1.29 is 14.7 Å². The monoisotopic (exact) mass is 228 g/mol. The van der Waals surface area contributed by atoms with E-state index in [2.05, 4.69) is 5.32 Å². The van der Waals surface area contributed by atoms with Gasteiger partial charge in [-0.1, -0.05) is 6.92 Å². The van der Waals surface area contributed by atoms with Crippen molar-refractivity contribution in [2.75, 3.05) is 7.05 Å². The summed E-state index contributed by atoms with van der Waals surface area (Å²) in [5.41, 5.74) is 0. The van der Waals surface area contributed by atoms with Crippen molar-refractivity contribution in [3.8, 4) is 0 Å². The summed E-state index contributed by atoms with van der Waals surface area (Å²) in [4.78, 5) is 24.1. The Hall–Kier alpha value is -1.26. The van der Waals surface area contributed by atoms with Crippen LogP contribution >= 0.6 is 0 Å². The van der Waals surface area contributed by atoms with Crippen LogP contribution in [0, 0.1) is 5.92 Å². The molecule has 5 heteroatoms. The quantitative estimate of drug-likeness (QED) is 0.745. The molecule has 0 heterocycles. The summed E-state index contributed by atoms with van der Waals surface area (Å²) in [6, 6.07) is -0.902. The van der Waals surface area contributed by atoms with Crippen molar-refractivity contribution in [3.63, 3.8) is 0 Å². The predicted molar refractivity (Wildman–Crippen MR) is 60.2 cm³/mol. The zero-order chi connectivity index (χ0) is 12.3. The van der Waals surface area contributed by atoms with Crippen molar-refractivity contribution in [3.05, 3.63) is 0 Å². The summed E-state index contributed by atoms with van der Waals surface area (Å²) in [5.74, 6) is -0.399. The van der Waals surface area contributed by atoms with E-state index >= 15 is 0 Å². The maximum absolute atomic E-state index is 11.7. The van der Waals surface area contributed by atoms with Gasteiger partial charge < -0.3 is 15.3 Å². The molecule has 0 aromatic heterocycles. The van der Waals surface area contributed by atoms with Gasteiger partial charge in [-0.2, -0.15) is 0 Å². The second-order valence-electron chi connectivity index (χ2n) is 4.44. The molecule has 1 aliphatic carbocycles. The zero-order valence-electron chi connectivity index (χ0n) is 10.1. The molecule has 2 atom stereocenters. The number of carboxylic acids is 1. The van der Waals surface area contributed by atoms with Crippen LogP contribution in [0.2, 0.25) is 0 Å². The minimum atomic E-state index is -0.983. The number of nitrogens with zero attached hydrogens (tertiary/aromatic N) is 1. The Kier molecular flexibility index (Phi) is 4.15. The Morgan fingerprint density at radius 3 is 2.44 bits per heavy atom. The molecule has 0 aromatic carbocycles. The van der Waals surface area contributed by atoms with E-state index < -0.39 is 12.0 Å². The summed E-state index contributed by atoms with van der Waals surface area (Å²) in [5, 5.41) is 11.3. The summed E-state index contributed by atoms with van der Waals surface area (Å²) in [6.07, 6.45) is 2.72. The maximum Gasteiger partial charge on any atom is 0.326 e. The first kappa shape index (κ1) is 12.8. The predicted octanol–water partition coefficient (Wildman–Crippen LogP) is 1.29. The van der Waals surface area contributed by atoms with Crippen LogP contribution in [0.1, 0.15) is 33.1 Å². The zero-order valence-corrected chi connectivity index (χ0v) is 10.1. The van der Waals surface area contributed by atoms with Crippen LogP contribution in [0.15, 0.2) is 0 Å². The highest BCUT2D eigenvalue weighted by Crippen LogP contribution is 2.34. The summed E-state index contributed by atoms with van der Waals surface area (Å²) in [7, 11) is 1.72. The van der Waals surface area contributed by atoms with Crippen LogP contribution in [0.3, 0.4) is 0 Å². The topological polar surface area (TPSA) is 69.6 Å². The number of nitrogens with one attached hydrogen (secondary N) is 1. The van der Waals surface area contributed by atoms with E-state index in [1.807, 2.05) is 6.92 Å². The Labute approximate surface area is 95.8 Å². The van der Waals surface area contributed by atoms with Crippen molar-refractivity contribution in [2.45, 2.75) is 45.2 Å². The fraction of sp³-hybridized carbons (Fsp3) is 0.818. The van der Waals surface area contributed by atoms with E-state index in [1.165, 1.54) is 0 Å². The lowest BCUT2D eigenvalue weighted by atomic mass is 10.2. The molecule has 1 rings (SSSR count). The first-order chi connectivity index (χ1) is 7.47. The van der Waals surface area contributed by atoms with Gasteiger partial charge in [0.1, 0.15) is 6.04 Å². The Balaban J connectivity index is 2.46. The van der Waals surface area contributed by atoms with Gasteiger partial charge in [0.25, 0.3) is 0 Å².